The highest BCUT2D eigenvalue weighted by Gasteiger charge is 2.36. The van der Waals surface area contributed by atoms with Gasteiger partial charge in [-0.15, -0.1) is 0 Å². The van der Waals surface area contributed by atoms with Gasteiger partial charge in [0, 0.05) is 33.8 Å². The van der Waals surface area contributed by atoms with Crippen molar-refractivity contribution in [3.05, 3.63) is 27.8 Å². The third-order valence-electron chi connectivity index (χ3n) is 4.30. The first kappa shape index (κ1) is 24.8. The van der Waals surface area contributed by atoms with Gasteiger partial charge in [0.2, 0.25) is 0 Å². The molecule has 1 aromatic carbocycles. The summed E-state index contributed by atoms with van der Waals surface area (Å²) < 4.78 is 31.7. The van der Waals surface area contributed by atoms with Crippen molar-refractivity contribution in [2.45, 2.75) is 38.8 Å². The second kappa shape index (κ2) is 12.4. The van der Waals surface area contributed by atoms with Crippen LogP contribution in [0, 0.1) is 10.1 Å². The molecule has 0 saturated heterocycles. The number of nitro groups is 1. The molecule has 0 N–H and O–H groups in total. The van der Waals surface area contributed by atoms with Gasteiger partial charge in [-0.25, -0.2) is 0 Å². The maximum Gasteiger partial charge on any atom is 0.500 e. The lowest BCUT2D eigenvalue weighted by Gasteiger charge is -2.24. The van der Waals surface area contributed by atoms with E-state index in [1.165, 1.54) is 40.6 Å². The average Bonchev–Trinajstić information content (AvgIpc) is 2.73. The van der Waals surface area contributed by atoms with Crippen molar-refractivity contribution >= 4 is 20.5 Å². The molecular weight excluding hydrogens is 402 g/mol. The Bertz CT molecular complexity index is 671. The third-order valence-corrected chi connectivity index (χ3v) is 7.13. The summed E-state index contributed by atoms with van der Waals surface area (Å²) in [6.45, 7) is 1.87. The number of nitro benzene ring substituents is 1. The highest BCUT2D eigenvalue weighted by atomic mass is 28.4. The van der Waals surface area contributed by atoms with Crippen LogP contribution in [0.3, 0.4) is 0 Å². The van der Waals surface area contributed by atoms with Crippen molar-refractivity contribution in [3.63, 3.8) is 0 Å². The Morgan fingerprint density at radius 1 is 1.07 bits per heavy atom. The highest BCUT2D eigenvalue weighted by Crippen LogP contribution is 2.35. The molecule has 29 heavy (non-hydrogen) atoms. The first-order chi connectivity index (χ1) is 13.9. The predicted molar refractivity (Wildman–Crippen MR) is 106 cm³/mol. The summed E-state index contributed by atoms with van der Waals surface area (Å²) in [5.41, 5.74) is 0.0337. The monoisotopic (exact) mass is 431 g/mol. The van der Waals surface area contributed by atoms with Crippen LogP contribution in [0.2, 0.25) is 6.04 Å². The smallest absolute Gasteiger partial charge is 0.493 e. The van der Waals surface area contributed by atoms with Crippen LogP contribution in [0.15, 0.2) is 12.1 Å². The van der Waals surface area contributed by atoms with Gasteiger partial charge >= 0.3 is 14.8 Å². The number of hydrogen-bond donors (Lipinski definition) is 0. The molecule has 0 heterocycles. The van der Waals surface area contributed by atoms with Crippen LogP contribution in [0.25, 0.3) is 0 Å². The molecule has 0 aliphatic heterocycles. The van der Waals surface area contributed by atoms with Crippen molar-refractivity contribution in [2.75, 3.05) is 35.0 Å². The van der Waals surface area contributed by atoms with Gasteiger partial charge in [-0.05, 0) is 25.8 Å². The number of nitrogens with zero attached hydrogens (tertiary/aromatic N) is 1. The van der Waals surface area contributed by atoms with Gasteiger partial charge in [0.05, 0.1) is 30.3 Å². The van der Waals surface area contributed by atoms with E-state index in [0.29, 0.717) is 31.2 Å². The van der Waals surface area contributed by atoms with Crippen LogP contribution in [-0.2, 0) is 29.4 Å². The van der Waals surface area contributed by atoms with Crippen LogP contribution in [0.5, 0.6) is 11.5 Å². The van der Waals surface area contributed by atoms with Crippen molar-refractivity contribution in [1.29, 1.82) is 0 Å². The third kappa shape index (κ3) is 7.27. The van der Waals surface area contributed by atoms with Crippen molar-refractivity contribution in [2.24, 2.45) is 0 Å². The molecule has 0 fully saturated rings. The van der Waals surface area contributed by atoms with Gasteiger partial charge in [-0.2, -0.15) is 0 Å². The first-order valence-corrected chi connectivity index (χ1v) is 11.1. The molecule has 1 rings (SSSR count). The lowest BCUT2D eigenvalue weighted by atomic mass is 10.1. The molecule has 0 amide bonds. The zero-order valence-electron chi connectivity index (χ0n) is 17.5. The van der Waals surface area contributed by atoms with Crippen molar-refractivity contribution in [3.8, 4) is 11.5 Å². The highest BCUT2D eigenvalue weighted by molar-refractivity contribution is 6.60. The van der Waals surface area contributed by atoms with Gasteiger partial charge in [-0.1, -0.05) is 0 Å². The topological polar surface area (TPSA) is 116 Å². The largest absolute Gasteiger partial charge is 0.500 e. The van der Waals surface area contributed by atoms with E-state index in [-0.39, 0.29) is 30.0 Å². The van der Waals surface area contributed by atoms with E-state index in [0.717, 1.165) is 0 Å². The minimum atomic E-state index is -2.66. The van der Waals surface area contributed by atoms with Gasteiger partial charge < -0.3 is 27.5 Å². The zero-order chi connectivity index (χ0) is 21.9. The lowest BCUT2D eigenvalue weighted by molar-refractivity contribution is -0.385. The Morgan fingerprint density at radius 2 is 1.72 bits per heavy atom. The van der Waals surface area contributed by atoms with Crippen LogP contribution in [0.4, 0.5) is 5.69 Å². The lowest BCUT2D eigenvalue weighted by Crippen LogP contribution is -2.42. The van der Waals surface area contributed by atoms with E-state index >= 15 is 0 Å². The van der Waals surface area contributed by atoms with E-state index in [9.17, 15) is 14.9 Å². The Kier molecular flexibility index (Phi) is 10.6. The van der Waals surface area contributed by atoms with Crippen LogP contribution in [0.1, 0.15) is 31.7 Å². The number of hydrogen-bond acceptors (Lipinski definition) is 9. The Labute approximate surface area is 171 Å². The SMILES string of the molecule is CCOc1cc([N+](=O)[O-])c(COC(=O)CCCC[Si](OC)(OC)OC)cc1OC. The molecule has 0 aromatic heterocycles. The second-order valence-electron chi connectivity index (χ2n) is 5.99. The van der Waals surface area contributed by atoms with E-state index in [4.69, 9.17) is 27.5 Å². The fourth-order valence-electron chi connectivity index (χ4n) is 2.70. The molecular formula is C18H29NO9Si. The minimum Gasteiger partial charge on any atom is -0.493 e. The van der Waals surface area contributed by atoms with Crippen LogP contribution >= 0.6 is 0 Å². The van der Waals surface area contributed by atoms with Gasteiger partial charge in [0.15, 0.2) is 11.5 Å². The fraction of sp³-hybridized carbons (Fsp3) is 0.611. The summed E-state index contributed by atoms with van der Waals surface area (Å²) in [5.74, 6) is 0.147. The quantitative estimate of drug-likeness (QED) is 0.144. The summed E-state index contributed by atoms with van der Waals surface area (Å²) in [4.78, 5) is 22.8. The first-order valence-electron chi connectivity index (χ1n) is 9.15. The molecule has 0 spiro atoms. The maximum atomic E-state index is 12.0. The number of ether oxygens (including phenoxy) is 3. The number of methoxy groups -OCH3 is 1. The Hall–Kier alpha value is -2.21. The van der Waals surface area contributed by atoms with Crippen LogP contribution in [-0.4, -0.2) is 54.7 Å². The zero-order valence-corrected chi connectivity index (χ0v) is 18.5. The minimum absolute atomic E-state index is 0.170. The number of esters is 1. The summed E-state index contributed by atoms with van der Waals surface area (Å²) in [5, 5.41) is 11.3. The summed E-state index contributed by atoms with van der Waals surface area (Å²) in [6, 6.07) is 3.30. The van der Waals surface area contributed by atoms with Gasteiger partial charge in [0.25, 0.3) is 5.69 Å². The van der Waals surface area contributed by atoms with Crippen LogP contribution < -0.4 is 9.47 Å². The number of carbonyl (C=O) groups is 1. The molecule has 0 bridgehead atoms. The Balaban J connectivity index is 2.65. The van der Waals surface area contributed by atoms with E-state index < -0.39 is 19.7 Å². The van der Waals surface area contributed by atoms with Gasteiger partial charge in [-0.3, -0.25) is 14.9 Å². The van der Waals surface area contributed by atoms with E-state index in [2.05, 4.69) is 0 Å². The standard InChI is InChI=1S/C18H29NO9Si/c1-6-27-17-12-15(19(21)22)14(11-16(17)23-2)13-28-18(20)9-7-8-10-29(24-3,25-4)26-5/h11-12H,6-10,13H2,1-5H3. The normalized spacial score (nSPS) is 11.2. The summed E-state index contributed by atoms with van der Waals surface area (Å²) in [6.07, 6.45) is 1.38. The number of rotatable bonds is 14. The summed E-state index contributed by atoms with van der Waals surface area (Å²) in [7, 11) is 3.38. The Morgan fingerprint density at radius 3 is 2.24 bits per heavy atom. The van der Waals surface area contributed by atoms with Crippen molar-refractivity contribution < 1.29 is 37.2 Å². The molecule has 0 radical (unpaired) electrons. The molecule has 10 nitrogen and oxygen atoms in total. The predicted octanol–water partition coefficient (Wildman–Crippen LogP) is 3.09. The van der Waals surface area contributed by atoms with E-state index in [1.807, 2.05) is 0 Å². The molecule has 0 unspecified atom stereocenters. The molecule has 11 heteroatoms. The number of carbonyl (C=O) groups excluding carboxylic acids is 1. The molecule has 0 saturated carbocycles. The summed E-state index contributed by atoms with van der Waals surface area (Å²) >= 11 is 0. The fourth-order valence-corrected chi connectivity index (χ4v) is 4.50. The molecule has 1 aromatic rings. The van der Waals surface area contributed by atoms with Gasteiger partial charge in [0.1, 0.15) is 6.61 Å². The molecule has 164 valence electrons. The average molecular weight is 432 g/mol. The molecule has 0 aliphatic carbocycles. The maximum absolute atomic E-state index is 12.0. The molecule has 0 atom stereocenters. The number of benzene rings is 1. The van der Waals surface area contributed by atoms with Crippen molar-refractivity contribution in [1.82, 2.24) is 0 Å². The molecule has 0 aliphatic rings. The second-order valence-corrected chi connectivity index (χ2v) is 9.08. The van der Waals surface area contributed by atoms with E-state index in [1.54, 1.807) is 6.92 Å². The number of unbranched alkanes of at least 4 members (excludes halogenated alkanes) is 1.